The maximum Gasteiger partial charge on any atom is 0.267 e. The Labute approximate surface area is 159 Å². The Kier molecular flexibility index (Phi) is 4.98. The van der Waals surface area contributed by atoms with Crippen molar-refractivity contribution in [3.8, 4) is 5.75 Å². The van der Waals surface area contributed by atoms with Crippen molar-refractivity contribution >= 4 is 45.9 Å². The Bertz CT molecular complexity index is 1080. The molecule has 0 fully saturated rings. The minimum atomic E-state index is -0.618. The average molecular weight is 389 g/mol. The van der Waals surface area contributed by atoms with Crippen LogP contribution in [0.5, 0.6) is 5.75 Å². The van der Waals surface area contributed by atoms with Crippen LogP contribution in [0.25, 0.3) is 10.9 Å². The van der Waals surface area contributed by atoms with E-state index in [1.807, 2.05) is 12.3 Å². The van der Waals surface area contributed by atoms with Crippen molar-refractivity contribution in [1.82, 2.24) is 4.57 Å². The number of anilines is 1. The number of aromatic nitrogens is 1. The summed E-state index contributed by atoms with van der Waals surface area (Å²) in [5.74, 6) is -0.935. The molecule has 7 heteroatoms. The summed E-state index contributed by atoms with van der Waals surface area (Å²) >= 11 is 7.66. The number of carbonyl (C=O) groups is 1. The molecule has 0 atom stereocenters. The molecule has 26 heavy (non-hydrogen) atoms. The summed E-state index contributed by atoms with van der Waals surface area (Å²) in [7, 11) is 3.10. The number of fused-ring (bicyclic) bond motifs is 1. The fourth-order valence-electron chi connectivity index (χ4n) is 2.83. The Morgan fingerprint density at radius 1 is 1.23 bits per heavy atom. The minimum absolute atomic E-state index is 0.277. The maximum atomic E-state index is 13.0. The first-order chi connectivity index (χ1) is 12.4. The summed E-state index contributed by atoms with van der Waals surface area (Å²) in [4.78, 5) is 27.9. The third kappa shape index (κ3) is 2.95. The molecule has 0 radical (unpaired) electrons. The number of pyridine rings is 1. The van der Waals surface area contributed by atoms with E-state index in [1.165, 1.54) is 28.3 Å². The van der Waals surface area contributed by atoms with E-state index < -0.39 is 11.5 Å². The first kappa shape index (κ1) is 18.4. The zero-order valence-electron chi connectivity index (χ0n) is 14.5. The Hall–Kier alpha value is -2.44. The van der Waals surface area contributed by atoms with Crippen LogP contribution >= 0.6 is 23.4 Å². The molecule has 0 aliphatic heterocycles. The first-order valence-corrected chi connectivity index (χ1v) is 9.39. The van der Waals surface area contributed by atoms with Crippen molar-refractivity contribution in [2.24, 2.45) is 7.05 Å². The normalized spacial score (nSPS) is 10.9. The van der Waals surface area contributed by atoms with Crippen LogP contribution in [0, 0.1) is 0 Å². The molecule has 3 aromatic rings. The highest BCUT2D eigenvalue weighted by atomic mass is 35.5. The van der Waals surface area contributed by atoms with Gasteiger partial charge in [-0.3, -0.25) is 9.59 Å². The van der Waals surface area contributed by atoms with Crippen LogP contribution in [-0.4, -0.2) is 28.9 Å². The lowest BCUT2D eigenvalue weighted by Crippen LogP contribution is -2.34. The second-order valence-electron chi connectivity index (χ2n) is 5.79. The molecule has 1 N–H and O–H groups in total. The lowest BCUT2D eigenvalue weighted by molar-refractivity contribution is 0.0988. The molecule has 0 unspecified atom stereocenters. The molecule has 1 amide bonds. The van der Waals surface area contributed by atoms with Gasteiger partial charge in [0, 0.05) is 24.4 Å². The van der Waals surface area contributed by atoms with Gasteiger partial charge in [-0.2, -0.15) is 0 Å². The van der Waals surface area contributed by atoms with Crippen LogP contribution in [0.3, 0.4) is 0 Å². The monoisotopic (exact) mass is 388 g/mol. The SMILES string of the molecule is CSc1ccc2c(c1)c(O)c(C(=O)N(C)c1ccccc1Cl)c(=O)n2C. The molecule has 0 aliphatic rings. The molecule has 134 valence electrons. The lowest BCUT2D eigenvalue weighted by Gasteiger charge is -2.20. The second kappa shape index (κ2) is 7.05. The molecular weight excluding hydrogens is 372 g/mol. The van der Waals surface area contributed by atoms with Crippen molar-refractivity contribution in [3.63, 3.8) is 0 Å². The largest absolute Gasteiger partial charge is 0.506 e. The van der Waals surface area contributed by atoms with E-state index in [0.717, 1.165) is 4.90 Å². The third-order valence-electron chi connectivity index (χ3n) is 4.31. The van der Waals surface area contributed by atoms with Crippen molar-refractivity contribution in [1.29, 1.82) is 0 Å². The van der Waals surface area contributed by atoms with Crippen LogP contribution < -0.4 is 10.5 Å². The van der Waals surface area contributed by atoms with Gasteiger partial charge in [0.25, 0.3) is 11.5 Å². The van der Waals surface area contributed by atoms with Gasteiger partial charge in [0.1, 0.15) is 11.3 Å². The summed E-state index contributed by atoms with van der Waals surface area (Å²) in [5, 5.41) is 11.5. The fraction of sp³-hybridized carbons (Fsp3) is 0.158. The van der Waals surface area contributed by atoms with Crippen molar-refractivity contribution in [2.45, 2.75) is 4.90 Å². The highest BCUT2D eigenvalue weighted by Gasteiger charge is 2.25. The number of amides is 1. The number of rotatable bonds is 3. The standard InChI is InChI=1S/C19H17ClN2O3S/c1-21-14-9-8-11(26-3)10-12(14)17(23)16(18(21)24)19(25)22(2)15-7-5-4-6-13(15)20/h4-10,23H,1-3H3. The number of nitrogens with zero attached hydrogens (tertiary/aromatic N) is 2. The quantitative estimate of drug-likeness (QED) is 0.691. The number of carbonyl (C=O) groups excluding carboxylic acids is 1. The van der Waals surface area contributed by atoms with E-state index in [1.54, 1.807) is 43.4 Å². The predicted octanol–water partition coefficient (Wildman–Crippen LogP) is 3.90. The summed E-state index contributed by atoms with van der Waals surface area (Å²) in [5.41, 5.74) is 0.178. The molecule has 0 saturated heterocycles. The molecule has 0 spiro atoms. The van der Waals surface area contributed by atoms with Gasteiger partial charge in [0.05, 0.1) is 16.2 Å². The summed E-state index contributed by atoms with van der Waals surface area (Å²) in [6.07, 6.45) is 1.91. The molecule has 0 bridgehead atoms. The zero-order chi connectivity index (χ0) is 19.0. The Morgan fingerprint density at radius 2 is 1.92 bits per heavy atom. The molecule has 2 aromatic carbocycles. The van der Waals surface area contributed by atoms with Gasteiger partial charge < -0.3 is 14.6 Å². The van der Waals surface area contributed by atoms with E-state index in [0.29, 0.717) is 21.6 Å². The van der Waals surface area contributed by atoms with Crippen molar-refractivity contribution in [2.75, 3.05) is 18.2 Å². The van der Waals surface area contributed by atoms with Crippen LogP contribution in [0.2, 0.25) is 5.02 Å². The van der Waals surface area contributed by atoms with Gasteiger partial charge in [0.15, 0.2) is 0 Å². The molecular formula is C19H17ClN2O3S. The molecule has 5 nitrogen and oxygen atoms in total. The van der Waals surface area contributed by atoms with E-state index in [4.69, 9.17) is 11.6 Å². The zero-order valence-corrected chi connectivity index (χ0v) is 16.1. The minimum Gasteiger partial charge on any atom is -0.506 e. The molecule has 0 aliphatic carbocycles. The van der Waals surface area contributed by atoms with Crippen LogP contribution in [0.1, 0.15) is 10.4 Å². The summed E-state index contributed by atoms with van der Waals surface area (Å²) < 4.78 is 1.37. The number of thioether (sulfide) groups is 1. The highest BCUT2D eigenvalue weighted by molar-refractivity contribution is 7.98. The van der Waals surface area contributed by atoms with Gasteiger partial charge in [-0.05, 0) is 36.6 Å². The molecule has 1 heterocycles. The van der Waals surface area contributed by atoms with Crippen LogP contribution in [0.15, 0.2) is 52.2 Å². The number of hydrogen-bond acceptors (Lipinski definition) is 4. The van der Waals surface area contributed by atoms with Gasteiger partial charge in [-0.15, -0.1) is 11.8 Å². The smallest absolute Gasteiger partial charge is 0.267 e. The summed E-state index contributed by atoms with van der Waals surface area (Å²) in [6.45, 7) is 0. The van der Waals surface area contributed by atoms with Gasteiger partial charge >= 0.3 is 0 Å². The number of halogens is 1. The van der Waals surface area contributed by atoms with E-state index >= 15 is 0 Å². The number of aromatic hydroxyl groups is 1. The fourth-order valence-corrected chi connectivity index (χ4v) is 3.53. The molecule has 3 rings (SSSR count). The Morgan fingerprint density at radius 3 is 2.58 bits per heavy atom. The number of aryl methyl sites for hydroxylation is 1. The molecule has 1 aromatic heterocycles. The predicted molar refractivity (Wildman–Crippen MR) is 107 cm³/mol. The van der Waals surface area contributed by atoms with Gasteiger partial charge in [-0.1, -0.05) is 23.7 Å². The summed E-state index contributed by atoms with van der Waals surface area (Å²) in [6, 6.07) is 12.2. The average Bonchev–Trinajstić information content (AvgIpc) is 2.65. The van der Waals surface area contributed by atoms with Crippen LogP contribution in [-0.2, 0) is 7.05 Å². The number of hydrogen-bond donors (Lipinski definition) is 1. The first-order valence-electron chi connectivity index (χ1n) is 7.79. The number of para-hydroxylation sites is 1. The second-order valence-corrected chi connectivity index (χ2v) is 7.07. The molecule has 0 saturated carbocycles. The lowest BCUT2D eigenvalue weighted by atomic mass is 10.1. The Balaban J connectivity index is 2.23. The van der Waals surface area contributed by atoms with E-state index in [-0.39, 0.29) is 11.3 Å². The van der Waals surface area contributed by atoms with Gasteiger partial charge in [0.2, 0.25) is 0 Å². The topological polar surface area (TPSA) is 62.5 Å². The maximum absolute atomic E-state index is 13.0. The van der Waals surface area contributed by atoms with E-state index in [9.17, 15) is 14.7 Å². The third-order valence-corrected chi connectivity index (χ3v) is 5.35. The number of benzene rings is 2. The van der Waals surface area contributed by atoms with Gasteiger partial charge in [-0.25, -0.2) is 0 Å². The van der Waals surface area contributed by atoms with E-state index in [2.05, 4.69) is 0 Å². The van der Waals surface area contributed by atoms with Crippen molar-refractivity contribution < 1.29 is 9.90 Å². The van der Waals surface area contributed by atoms with Crippen LogP contribution in [0.4, 0.5) is 5.69 Å². The van der Waals surface area contributed by atoms with Crippen molar-refractivity contribution in [3.05, 3.63) is 63.4 Å². The highest BCUT2D eigenvalue weighted by Crippen LogP contribution is 2.32.